The Bertz CT molecular complexity index is 454. The number of amides is 1. The number of benzene rings is 1. The molecule has 0 fully saturated rings. The number of anilines is 1. The van der Waals surface area contributed by atoms with Crippen molar-refractivity contribution in [2.45, 2.75) is 32.9 Å². The molecule has 0 aliphatic rings. The minimum atomic E-state index is -4.40. The number of alkyl halides is 3. The van der Waals surface area contributed by atoms with Crippen LogP contribution in [0, 0.1) is 0 Å². The van der Waals surface area contributed by atoms with Crippen LogP contribution >= 0.6 is 0 Å². The first-order valence-corrected chi connectivity index (χ1v) is 7.17. The summed E-state index contributed by atoms with van der Waals surface area (Å²) in [6.45, 7) is 6.12. The molecular formula is C15H22F3N2O+. The lowest BCUT2D eigenvalue weighted by Crippen LogP contribution is -3.13. The van der Waals surface area contributed by atoms with E-state index in [1.807, 2.05) is 13.8 Å². The summed E-state index contributed by atoms with van der Waals surface area (Å²) < 4.78 is 37.8. The van der Waals surface area contributed by atoms with Crippen molar-refractivity contribution in [2.75, 3.05) is 25.0 Å². The number of carbonyl (C=O) groups excluding carboxylic acids is 1. The van der Waals surface area contributed by atoms with Gasteiger partial charge >= 0.3 is 6.18 Å². The Hall–Kier alpha value is -1.56. The molecule has 0 spiro atoms. The molecule has 1 aromatic carbocycles. The van der Waals surface area contributed by atoms with Gasteiger partial charge in [-0.05, 0) is 31.0 Å². The summed E-state index contributed by atoms with van der Waals surface area (Å²) in [5, 5.41) is 2.54. The Labute approximate surface area is 123 Å². The molecule has 0 unspecified atom stereocenters. The zero-order valence-electron chi connectivity index (χ0n) is 12.4. The van der Waals surface area contributed by atoms with E-state index in [-0.39, 0.29) is 18.1 Å². The van der Waals surface area contributed by atoms with Crippen LogP contribution in [0.3, 0.4) is 0 Å². The zero-order valence-corrected chi connectivity index (χ0v) is 12.4. The maximum atomic E-state index is 12.6. The van der Waals surface area contributed by atoms with Gasteiger partial charge in [0.1, 0.15) is 0 Å². The van der Waals surface area contributed by atoms with Gasteiger partial charge in [-0.25, -0.2) is 0 Å². The molecule has 0 saturated carbocycles. The Balaban J connectivity index is 2.66. The molecule has 0 heterocycles. The van der Waals surface area contributed by atoms with E-state index in [4.69, 9.17) is 0 Å². The first-order chi connectivity index (χ1) is 9.86. The number of hydrogen-bond acceptors (Lipinski definition) is 1. The van der Waals surface area contributed by atoms with E-state index < -0.39 is 11.7 Å². The molecule has 0 saturated heterocycles. The smallest absolute Gasteiger partial charge is 0.327 e. The minimum Gasteiger partial charge on any atom is -0.327 e. The van der Waals surface area contributed by atoms with Crippen molar-refractivity contribution in [3.8, 4) is 0 Å². The third kappa shape index (κ3) is 6.16. The van der Waals surface area contributed by atoms with Gasteiger partial charge in [0, 0.05) is 5.69 Å². The van der Waals surface area contributed by atoms with Crippen molar-refractivity contribution < 1.29 is 22.9 Å². The number of rotatable bonds is 7. The predicted molar refractivity (Wildman–Crippen MR) is 76.2 cm³/mol. The van der Waals surface area contributed by atoms with E-state index in [1.165, 1.54) is 12.1 Å². The summed E-state index contributed by atoms with van der Waals surface area (Å²) in [4.78, 5) is 13.1. The second-order valence-electron chi connectivity index (χ2n) is 5.05. The fourth-order valence-corrected chi connectivity index (χ4v) is 2.21. The van der Waals surface area contributed by atoms with Gasteiger partial charge < -0.3 is 10.2 Å². The molecule has 0 aliphatic carbocycles. The SMILES string of the molecule is CCC[NH+](CCC)CC(=O)Nc1cccc(C(F)(F)F)c1. The van der Waals surface area contributed by atoms with Crippen LogP contribution in [0.4, 0.5) is 18.9 Å². The van der Waals surface area contributed by atoms with Gasteiger partial charge in [0.15, 0.2) is 6.54 Å². The lowest BCUT2D eigenvalue weighted by molar-refractivity contribution is -0.891. The molecule has 1 amide bonds. The molecule has 118 valence electrons. The van der Waals surface area contributed by atoms with E-state index in [2.05, 4.69) is 5.32 Å². The maximum absolute atomic E-state index is 12.6. The van der Waals surface area contributed by atoms with Gasteiger partial charge in [-0.1, -0.05) is 19.9 Å². The normalized spacial score (nSPS) is 11.7. The molecule has 6 heteroatoms. The molecule has 0 aromatic heterocycles. The highest BCUT2D eigenvalue weighted by Gasteiger charge is 2.30. The molecule has 3 nitrogen and oxygen atoms in total. The van der Waals surface area contributed by atoms with E-state index in [9.17, 15) is 18.0 Å². The fourth-order valence-electron chi connectivity index (χ4n) is 2.21. The Morgan fingerprint density at radius 2 is 1.81 bits per heavy atom. The van der Waals surface area contributed by atoms with Crippen LogP contribution in [0.1, 0.15) is 32.3 Å². The summed E-state index contributed by atoms with van der Waals surface area (Å²) in [5.41, 5.74) is -0.575. The lowest BCUT2D eigenvalue weighted by atomic mass is 10.2. The van der Waals surface area contributed by atoms with Gasteiger partial charge in [0.2, 0.25) is 0 Å². The summed E-state index contributed by atoms with van der Waals surface area (Å²) in [6, 6.07) is 4.70. The summed E-state index contributed by atoms with van der Waals surface area (Å²) in [6.07, 6.45) is -2.47. The molecule has 0 atom stereocenters. The average molecular weight is 303 g/mol. The molecule has 0 aliphatic heterocycles. The number of carbonyl (C=O) groups is 1. The predicted octanol–water partition coefficient (Wildman–Crippen LogP) is 2.35. The molecule has 1 rings (SSSR count). The Morgan fingerprint density at radius 1 is 1.19 bits per heavy atom. The highest BCUT2D eigenvalue weighted by molar-refractivity contribution is 5.91. The third-order valence-corrected chi connectivity index (χ3v) is 3.09. The van der Waals surface area contributed by atoms with Crippen LogP contribution in [0.5, 0.6) is 0 Å². The van der Waals surface area contributed by atoms with Crippen molar-refractivity contribution in [2.24, 2.45) is 0 Å². The van der Waals surface area contributed by atoms with Crippen LogP contribution in [0.2, 0.25) is 0 Å². The quantitative estimate of drug-likeness (QED) is 0.796. The van der Waals surface area contributed by atoms with Crippen LogP contribution in [-0.4, -0.2) is 25.5 Å². The van der Waals surface area contributed by atoms with Crippen molar-refractivity contribution in [3.05, 3.63) is 29.8 Å². The van der Waals surface area contributed by atoms with Crippen molar-refractivity contribution in [1.29, 1.82) is 0 Å². The highest BCUT2D eigenvalue weighted by Crippen LogP contribution is 2.30. The molecule has 21 heavy (non-hydrogen) atoms. The zero-order chi connectivity index (χ0) is 15.9. The van der Waals surface area contributed by atoms with Gasteiger partial charge in [-0.15, -0.1) is 0 Å². The minimum absolute atomic E-state index is 0.183. The molecule has 2 N–H and O–H groups in total. The first kappa shape index (κ1) is 17.5. The number of halogens is 3. The monoisotopic (exact) mass is 303 g/mol. The first-order valence-electron chi connectivity index (χ1n) is 7.17. The fraction of sp³-hybridized carbons (Fsp3) is 0.533. The van der Waals surface area contributed by atoms with E-state index in [0.717, 1.165) is 43.0 Å². The second-order valence-corrected chi connectivity index (χ2v) is 5.05. The van der Waals surface area contributed by atoms with Crippen molar-refractivity contribution in [3.63, 3.8) is 0 Å². The number of hydrogen-bond donors (Lipinski definition) is 2. The molecule has 1 aromatic rings. The summed E-state index contributed by atoms with van der Waals surface area (Å²) in [7, 11) is 0. The summed E-state index contributed by atoms with van der Waals surface area (Å²) in [5.74, 6) is -0.258. The Morgan fingerprint density at radius 3 is 2.33 bits per heavy atom. The summed E-state index contributed by atoms with van der Waals surface area (Å²) >= 11 is 0. The molecule has 0 bridgehead atoms. The van der Waals surface area contributed by atoms with Gasteiger partial charge in [0.05, 0.1) is 18.7 Å². The number of nitrogens with one attached hydrogen (secondary N) is 2. The van der Waals surface area contributed by atoms with Crippen LogP contribution in [0.15, 0.2) is 24.3 Å². The van der Waals surface area contributed by atoms with E-state index in [1.54, 1.807) is 0 Å². The van der Waals surface area contributed by atoms with Gasteiger partial charge in [-0.2, -0.15) is 13.2 Å². The maximum Gasteiger partial charge on any atom is 0.416 e. The van der Waals surface area contributed by atoms with Gasteiger partial charge in [0.25, 0.3) is 5.91 Å². The van der Waals surface area contributed by atoms with Crippen LogP contribution in [-0.2, 0) is 11.0 Å². The third-order valence-electron chi connectivity index (χ3n) is 3.09. The van der Waals surface area contributed by atoms with Crippen LogP contribution < -0.4 is 10.2 Å². The van der Waals surface area contributed by atoms with Crippen molar-refractivity contribution >= 4 is 11.6 Å². The van der Waals surface area contributed by atoms with Crippen molar-refractivity contribution in [1.82, 2.24) is 0 Å². The van der Waals surface area contributed by atoms with E-state index in [0.29, 0.717) is 0 Å². The molecular weight excluding hydrogens is 281 g/mol. The molecule has 0 radical (unpaired) electrons. The van der Waals surface area contributed by atoms with E-state index >= 15 is 0 Å². The number of quaternary nitrogens is 1. The highest BCUT2D eigenvalue weighted by atomic mass is 19.4. The largest absolute Gasteiger partial charge is 0.416 e. The second kappa shape index (κ2) is 8.02. The van der Waals surface area contributed by atoms with Gasteiger partial charge in [-0.3, -0.25) is 4.79 Å². The average Bonchev–Trinajstić information content (AvgIpc) is 2.38. The standard InChI is InChI=1S/C15H21F3N2O/c1-3-8-20(9-4-2)11-14(21)19-13-7-5-6-12(10-13)15(16,17)18/h5-7,10H,3-4,8-9,11H2,1-2H3,(H,19,21)/p+1. The topological polar surface area (TPSA) is 33.5 Å². The Kier molecular flexibility index (Phi) is 6.68. The van der Waals surface area contributed by atoms with Crippen LogP contribution in [0.25, 0.3) is 0 Å². The lowest BCUT2D eigenvalue weighted by Gasteiger charge is -2.17.